The highest BCUT2D eigenvalue weighted by Crippen LogP contribution is 2.29. The highest BCUT2D eigenvalue weighted by Gasteiger charge is 2.17. The number of amides is 1. The maximum absolute atomic E-state index is 14.0. The number of aromatic nitrogens is 4. The van der Waals surface area contributed by atoms with E-state index < -0.39 is 23.0 Å². The maximum Gasteiger partial charge on any atom is 0.328 e. The Morgan fingerprint density at radius 2 is 1.94 bits per heavy atom. The first-order valence-electron chi connectivity index (χ1n) is 10.2. The van der Waals surface area contributed by atoms with E-state index in [0.717, 1.165) is 39.5 Å². The summed E-state index contributed by atoms with van der Waals surface area (Å²) in [7, 11) is 0. The molecule has 2 N–H and O–H groups in total. The number of carbonyl (C=O) groups excluding carboxylic acids is 1. The number of hydrogen-bond acceptors (Lipinski definition) is 5. The molecule has 8 nitrogen and oxygen atoms in total. The SMILES string of the molecule is O=C(Nc1ccc(-c2cn3c(n2)SCC3)cc1)c1c[nH]c(=O)n(Cc2ccccc2F)c1=O. The summed E-state index contributed by atoms with van der Waals surface area (Å²) < 4.78 is 16.9. The third kappa shape index (κ3) is 4.12. The Balaban J connectivity index is 1.36. The van der Waals surface area contributed by atoms with Gasteiger partial charge in [-0.1, -0.05) is 42.1 Å². The van der Waals surface area contributed by atoms with Crippen molar-refractivity contribution >= 4 is 23.4 Å². The number of aromatic amines is 1. The lowest BCUT2D eigenvalue weighted by atomic mass is 10.1. The maximum atomic E-state index is 14.0. The summed E-state index contributed by atoms with van der Waals surface area (Å²) >= 11 is 1.71. The van der Waals surface area contributed by atoms with Gasteiger partial charge in [-0.15, -0.1) is 0 Å². The average molecular weight is 463 g/mol. The topological polar surface area (TPSA) is 102 Å². The summed E-state index contributed by atoms with van der Waals surface area (Å²) in [6, 6.07) is 12.9. The Morgan fingerprint density at radius 3 is 2.70 bits per heavy atom. The Hall–Kier alpha value is -3.92. The van der Waals surface area contributed by atoms with Gasteiger partial charge in [-0.05, 0) is 18.2 Å². The molecule has 0 aliphatic carbocycles. The molecular weight excluding hydrogens is 445 g/mol. The zero-order valence-electron chi connectivity index (χ0n) is 17.2. The van der Waals surface area contributed by atoms with Crippen LogP contribution >= 0.6 is 11.8 Å². The van der Waals surface area contributed by atoms with Gasteiger partial charge in [0.1, 0.15) is 11.4 Å². The van der Waals surface area contributed by atoms with Crippen LogP contribution in [0.15, 0.2) is 75.7 Å². The lowest BCUT2D eigenvalue weighted by Gasteiger charge is -2.09. The smallest absolute Gasteiger partial charge is 0.325 e. The molecule has 33 heavy (non-hydrogen) atoms. The summed E-state index contributed by atoms with van der Waals surface area (Å²) in [4.78, 5) is 44.7. The number of nitrogens with one attached hydrogen (secondary N) is 2. The molecule has 1 aliphatic heterocycles. The molecule has 0 unspecified atom stereocenters. The van der Waals surface area contributed by atoms with Gasteiger partial charge >= 0.3 is 5.69 Å². The van der Waals surface area contributed by atoms with Gasteiger partial charge in [0, 0.05) is 41.5 Å². The minimum absolute atomic E-state index is 0.168. The Labute approximate surface area is 191 Å². The zero-order chi connectivity index (χ0) is 22.9. The number of rotatable bonds is 5. The molecule has 1 amide bonds. The van der Waals surface area contributed by atoms with Crippen LogP contribution in [0.1, 0.15) is 15.9 Å². The van der Waals surface area contributed by atoms with Crippen LogP contribution in [0.5, 0.6) is 0 Å². The van der Waals surface area contributed by atoms with E-state index >= 15 is 0 Å². The van der Waals surface area contributed by atoms with Crippen LogP contribution in [0.4, 0.5) is 10.1 Å². The predicted molar refractivity (Wildman–Crippen MR) is 123 cm³/mol. The molecule has 3 heterocycles. The fraction of sp³-hybridized carbons (Fsp3) is 0.130. The van der Waals surface area contributed by atoms with Gasteiger partial charge < -0.3 is 14.9 Å². The summed E-state index contributed by atoms with van der Waals surface area (Å²) in [6.45, 7) is 0.651. The number of anilines is 1. The molecule has 166 valence electrons. The van der Waals surface area contributed by atoms with Crippen molar-refractivity contribution in [2.75, 3.05) is 11.1 Å². The first kappa shape index (κ1) is 21.0. The van der Waals surface area contributed by atoms with Crippen molar-refractivity contribution in [2.45, 2.75) is 18.2 Å². The number of benzene rings is 2. The van der Waals surface area contributed by atoms with E-state index in [1.54, 1.807) is 30.0 Å². The molecule has 2 aromatic heterocycles. The molecule has 10 heteroatoms. The van der Waals surface area contributed by atoms with Crippen LogP contribution < -0.4 is 16.6 Å². The monoisotopic (exact) mass is 463 g/mol. The Morgan fingerprint density at radius 1 is 1.15 bits per heavy atom. The second kappa shape index (κ2) is 8.55. The molecule has 0 fully saturated rings. The van der Waals surface area contributed by atoms with Gasteiger partial charge in [-0.3, -0.25) is 14.2 Å². The van der Waals surface area contributed by atoms with E-state index in [4.69, 9.17) is 0 Å². The van der Waals surface area contributed by atoms with Crippen molar-refractivity contribution in [3.8, 4) is 11.3 Å². The Bertz CT molecular complexity index is 1450. The van der Waals surface area contributed by atoms with Crippen LogP contribution in [0, 0.1) is 5.82 Å². The van der Waals surface area contributed by atoms with E-state index in [2.05, 4.69) is 19.9 Å². The van der Waals surface area contributed by atoms with Crippen LogP contribution in [-0.2, 0) is 13.1 Å². The quantitative estimate of drug-likeness (QED) is 0.474. The van der Waals surface area contributed by atoms with Crippen molar-refractivity contribution in [1.82, 2.24) is 19.1 Å². The third-order valence-electron chi connectivity index (χ3n) is 5.33. The normalized spacial score (nSPS) is 12.5. The number of aryl methyl sites for hydroxylation is 1. The van der Waals surface area contributed by atoms with E-state index in [1.165, 1.54) is 18.2 Å². The number of thioether (sulfide) groups is 1. The van der Waals surface area contributed by atoms with Crippen LogP contribution in [0.25, 0.3) is 11.3 Å². The second-order valence-corrected chi connectivity index (χ2v) is 8.53. The minimum atomic E-state index is -0.804. The second-order valence-electron chi connectivity index (χ2n) is 7.47. The number of fused-ring (bicyclic) bond motifs is 1. The molecule has 0 radical (unpaired) electrons. The molecule has 1 aliphatic rings. The average Bonchev–Trinajstić information content (AvgIpc) is 3.41. The summed E-state index contributed by atoms with van der Waals surface area (Å²) in [5.74, 6) is -0.190. The van der Waals surface area contributed by atoms with E-state index in [0.29, 0.717) is 5.69 Å². The lowest BCUT2D eigenvalue weighted by molar-refractivity contribution is 0.102. The fourth-order valence-electron chi connectivity index (χ4n) is 3.59. The van der Waals surface area contributed by atoms with Crippen LogP contribution in [0.3, 0.4) is 0 Å². The number of H-pyrrole nitrogens is 1. The summed E-state index contributed by atoms with van der Waals surface area (Å²) in [5.41, 5.74) is 0.629. The molecule has 0 saturated carbocycles. The third-order valence-corrected chi connectivity index (χ3v) is 6.30. The molecule has 2 aromatic carbocycles. The zero-order valence-corrected chi connectivity index (χ0v) is 18.1. The number of imidazole rings is 1. The molecule has 0 saturated heterocycles. The predicted octanol–water partition coefficient (Wildman–Crippen LogP) is 2.95. The van der Waals surface area contributed by atoms with Crippen LogP contribution in [0.2, 0.25) is 0 Å². The van der Waals surface area contributed by atoms with Gasteiger partial charge in [-0.25, -0.2) is 14.2 Å². The van der Waals surface area contributed by atoms with Crippen molar-refractivity contribution in [2.24, 2.45) is 0 Å². The van der Waals surface area contributed by atoms with Crippen molar-refractivity contribution in [3.63, 3.8) is 0 Å². The van der Waals surface area contributed by atoms with Crippen molar-refractivity contribution < 1.29 is 9.18 Å². The number of hydrogen-bond donors (Lipinski definition) is 2. The van der Waals surface area contributed by atoms with Gasteiger partial charge in [0.2, 0.25) is 0 Å². The largest absolute Gasteiger partial charge is 0.328 e. The molecule has 0 spiro atoms. The van der Waals surface area contributed by atoms with Gasteiger partial charge in [0.15, 0.2) is 5.16 Å². The molecular formula is C23H18FN5O3S. The summed E-state index contributed by atoms with van der Waals surface area (Å²) in [6.07, 6.45) is 3.07. The number of halogens is 1. The first-order chi connectivity index (χ1) is 16.0. The molecule has 4 aromatic rings. The van der Waals surface area contributed by atoms with Gasteiger partial charge in [0.25, 0.3) is 11.5 Å². The van der Waals surface area contributed by atoms with E-state index in [9.17, 15) is 18.8 Å². The fourth-order valence-corrected chi connectivity index (χ4v) is 4.53. The molecule has 0 bridgehead atoms. The van der Waals surface area contributed by atoms with Crippen molar-refractivity contribution in [3.05, 3.63) is 98.7 Å². The molecule has 0 atom stereocenters. The highest BCUT2D eigenvalue weighted by molar-refractivity contribution is 7.99. The Kier molecular flexibility index (Phi) is 5.43. The standard InChI is InChI=1S/C23H18FN5O3S/c24-18-4-2-1-3-15(18)12-29-21(31)17(11-25-22(29)32)20(30)26-16-7-5-14(6-8-16)19-13-28-9-10-33-23(28)27-19/h1-8,11,13H,9-10,12H2,(H,25,32)(H,26,30). The van der Waals surface area contributed by atoms with E-state index in [1.807, 2.05) is 18.3 Å². The lowest BCUT2D eigenvalue weighted by Crippen LogP contribution is -2.39. The van der Waals surface area contributed by atoms with E-state index in [-0.39, 0.29) is 17.7 Å². The van der Waals surface area contributed by atoms with Crippen LogP contribution in [-0.4, -0.2) is 30.8 Å². The van der Waals surface area contributed by atoms with Gasteiger partial charge in [0.05, 0.1) is 12.2 Å². The molecule has 5 rings (SSSR count). The number of carbonyl (C=O) groups is 1. The first-order valence-corrected chi connectivity index (χ1v) is 11.2. The minimum Gasteiger partial charge on any atom is -0.325 e. The summed E-state index contributed by atoms with van der Waals surface area (Å²) in [5, 5.41) is 3.65. The number of nitrogens with zero attached hydrogens (tertiary/aromatic N) is 3. The highest BCUT2D eigenvalue weighted by atomic mass is 32.2. The van der Waals surface area contributed by atoms with Crippen molar-refractivity contribution in [1.29, 1.82) is 0 Å². The van der Waals surface area contributed by atoms with Gasteiger partial charge in [-0.2, -0.15) is 0 Å².